The normalized spacial score (nSPS) is 28.8. The minimum absolute atomic E-state index is 0.0407. The van der Waals surface area contributed by atoms with Crippen LogP contribution in [0.15, 0.2) is 35.5 Å². The van der Waals surface area contributed by atoms with E-state index < -0.39 is 30.1 Å². The summed E-state index contributed by atoms with van der Waals surface area (Å²) in [7, 11) is 0. The van der Waals surface area contributed by atoms with Gasteiger partial charge < -0.3 is 20.6 Å². The van der Waals surface area contributed by atoms with E-state index in [1.54, 1.807) is 0 Å². The number of benzene rings is 1. The van der Waals surface area contributed by atoms with Crippen LogP contribution in [0.25, 0.3) is 11.2 Å². The molecule has 10 nitrogen and oxygen atoms in total. The number of nitrogens with one attached hydrogen (secondary N) is 1. The molecule has 174 valence electrons. The maximum Gasteiger partial charge on any atom is 0.309 e. The number of fused-ring (bicyclic) bond motifs is 1. The molecule has 5 rings (SSSR count). The van der Waals surface area contributed by atoms with E-state index in [-0.39, 0.29) is 12.5 Å². The van der Waals surface area contributed by atoms with Crippen molar-refractivity contribution in [2.45, 2.75) is 61.6 Å². The molecule has 2 aliphatic rings. The van der Waals surface area contributed by atoms with Crippen molar-refractivity contribution in [2.24, 2.45) is 5.92 Å². The molecular formula is C22H26N6O4S. The van der Waals surface area contributed by atoms with E-state index >= 15 is 0 Å². The Morgan fingerprint density at radius 3 is 2.67 bits per heavy atom. The fraction of sp³-hybridized carbons (Fsp3) is 0.500. The van der Waals surface area contributed by atoms with Crippen LogP contribution in [-0.4, -0.2) is 70.3 Å². The van der Waals surface area contributed by atoms with Gasteiger partial charge in [-0.1, -0.05) is 54.2 Å². The molecule has 0 aliphatic heterocycles. The molecule has 2 fully saturated rings. The second kappa shape index (κ2) is 8.88. The summed E-state index contributed by atoms with van der Waals surface area (Å²) in [6.07, 6.45) is -0.675. The fourth-order valence-electron chi connectivity index (χ4n) is 4.49. The molecule has 11 heteroatoms. The molecule has 0 spiro atoms. The van der Waals surface area contributed by atoms with Gasteiger partial charge in [0.2, 0.25) is 0 Å². The molecular weight excluding hydrogens is 444 g/mol. The Hall–Kier alpha value is -2.76. The standard InChI is InChI=1S/C22H26N6O4S/c1-2-8-33-22-24-19(23-14-9-12(14)11-6-4-3-5-7-11)16-20(25-22)28(27-26-16)15-10-13(21(31)32)17(29)18(15)30/h3-7,12-15,17-18,29-30H,2,8-10H2,1H3,(H,31,32)(H,23,24,25)/t12?,13-,14?,15+,17+,18-/m1/s1. The van der Waals surface area contributed by atoms with Gasteiger partial charge in [-0.3, -0.25) is 4.79 Å². The summed E-state index contributed by atoms with van der Waals surface area (Å²) in [4.78, 5) is 20.8. The zero-order valence-electron chi connectivity index (χ0n) is 18.1. The summed E-state index contributed by atoms with van der Waals surface area (Å²) < 4.78 is 1.44. The van der Waals surface area contributed by atoms with Crippen molar-refractivity contribution in [1.82, 2.24) is 25.0 Å². The van der Waals surface area contributed by atoms with E-state index in [1.165, 1.54) is 22.0 Å². The van der Waals surface area contributed by atoms with Gasteiger partial charge in [0.15, 0.2) is 22.1 Å². The molecule has 0 amide bonds. The molecule has 2 unspecified atom stereocenters. The van der Waals surface area contributed by atoms with Crippen molar-refractivity contribution in [3.05, 3.63) is 35.9 Å². The van der Waals surface area contributed by atoms with E-state index in [4.69, 9.17) is 0 Å². The summed E-state index contributed by atoms with van der Waals surface area (Å²) in [6, 6.07) is 9.78. The number of thioether (sulfide) groups is 1. The van der Waals surface area contributed by atoms with Crippen LogP contribution in [0.1, 0.15) is 43.7 Å². The van der Waals surface area contributed by atoms with Crippen LogP contribution in [0.4, 0.5) is 5.82 Å². The number of carbonyl (C=O) groups is 1. The van der Waals surface area contributed by atoms with Crippen LogP contribution in [-0.2, 0) is 4.79 Å². The molecule has 0 bridgehead atoms. The second-order valence-corrected chi connectivity index (χ2v) is 9.70. The fourth-order valence-corrected chi connectivity index (χ4v) is 5.18. The van der Waals surface area contributed by atoms with E-state index in [2.05, 4.69) is 44.7 Å². The summed E-state index contributed by atoms with van der Waals surface area (Å²) >= 11 is 1.52. The van der Waals surface area contributed by atoms with Crippen LogP contribution in [0.3, 0.4) is 0 Å². The molecule has 0 radical (unpaired) electrons. The van der Waals surface area contributed by atoms with Crippen molar-refractivity contribution in [1.29, 1.82) is 0 Å². The van der Waals surface area contributed by atoms with Crippen molar-refractivity contribution in [2.75, 3.05) is 11.1 Å². The summed E-state index contributed by atoms with van der Waals surface area (Å²) in [5.74, 6) is -0.410. The first-order valence-electron chi connectivity index (χ1n) is 11.1. The van der Waals surface area contributed by atoms with Crippen molar-refractivity contribution in [3.63, 3.8) is 0 Å². The Labute approximate surface area is 194 Å². The van der Waals surface area contributed by atoms with Crippen molar-refractivity contribution >= 4 is 34.7 Å². The molecule has 4 N–H and O–H groups in total. The van der Waals surface area contributed by atoms with Gasteiger partial charge in [0.1, 0.15) is 6.10 Å². The molecule has 1 aromatic carbocycles. The maximum absolute atomic E-state index is 11.5. The number of aromatic nitrogens is 5. The van der Waals surface area contributed by atoms with Gasteiger partial charge in [0.25, 0.3) is 0 Å². The van der Waals surface area contributed by atoms with E-state index in [0.29, 0.717) is 28.1 Å². The number of carboxylic acids is 1. The summed E-state index contributed by atoms with van der Waals surface area (Å²) in [6.45, 7) is 2.08. The molecule has 6 atom stereocenters. The predicted octanol–water partition coefficient (Wildman–Crippen LogP) is 2.06. The summed E-state index contributed by atoms with van der Waals surface area (Å²) in [5, 5.41) is 42.7. The minimum Gasteiger partial charge on any atom is -0.481 e. The minimum atomic E-state index is -1.38. The number of aliphatic hydroxyl groups is 2. The number of nitrogens with zero attached hydrogens (tertiary/aromatic N) is 5. The zero-order chi connectivity index (χ0) is 23.1. The number of hydrogen-bond donors (Lipinski definition) is 4. The van der Waals surface area contributed by atoms with Crippen LogP contribution in [0.5, 0.6) is 0 Å². The van der Waals surface area contributed by atoms with Crippen LogP contribution >= 0.6 is 11.8 Å². The Bertz CT molecular complexity index is 1160. The van der Waals surface area contributed by atoms with Gasteiger partial charge in [-0.25, -0.2) is 14.6 Å². The highest BCUT2D eigenvalue weighted by atomic mass is 32.2. The Morgan fingerprint density at radius 2 is 1.97 bits per heavy atom. The first-order valence-corrected chi connectivity index (χ1v) is 12.1. The molecule has 2 saturated carbocycles. The lowest BCUT2D eigenvalue weighted by molar-refractivity contribution is -0.145. The quantitative estimate of drug-likeness (QED) is 0.285. The number of aliphatic hydroxyl groups excluding tert-OH is 2. The lowest BCUT2D eigenvalue weighted by Crippen LogP contribution is -2.32. The van der Waals surface area contributed by atoms with Crippen LogP contribution in [0.2, 0.25) is 0 Å². The zero-order valence-corrected chi connectivity index (χ0v) is 18.9. The second-order valence-electron chi connectivity index (χ2n) is 8.64. The van der Waals surface area contributed by atoms with E-state index in [0.717, 1.165) is 18.6 Å². The summed E-state index contributed by atoms with van der Waals surface area (Å²) in [5.41, 5.74) is 2.16. The molecule has 2 aliphatic carbocycles. The highest BCUT2D eigenvalue weighted by Crippen LogP contribution is 2.43. The number of anilines is 1. The third-order valence-corrected chi connectivity index (χ3v) is 7.42. The van der Waals surface area contributed by atoms with Gasteiger partial charge in [-0.2, -0.15) is 0 Å². The monoisotopic (exact) mass is 470 g/mol. The number of rotatable bonds is 8. The van der Waals surface area contributed by atoms with Crippen LogP contribution in [0, 0.1) is 5.92 Å². The number of aliphatic carboxylic acids is 1. The Kier molecular flexibility index (Phi) is 5.94. The molecule has 3 aromatic rings. The maximum atomic E-state index is 11.5. The first kappa shape index (κ1) is 22.1. The molecule has 33 heavy (non-hydrogen) atoms. The highest BCUT2D eigenvalue weighted by molar-refractivity contribution is 7.99. The Balaban J connectivity index is 1.47. The topological polar surface area (TPSA) is 146 Å². The highest BCUT2D eigenvalue weighted by Gasteiger charge is 2.47. The lowest BCUT2D eigenvalue weighted by Gasteiger charge is -2.16. The smallest absolute Gasteiger partial charge is 0.309 e. The molecule has 0 saturated heterocycles. The average Bonchev–Trinajstić information content (AvgIpc) is 3.35. The number of hydrogen-bond acceptors (Lipinski definition) is 9. The van der Waals surface area contributed by atoms with Gasteiger partial charge in [-0.05, 0) is 24.8 Å². The number of carboxylic acid groups (broad SMARTS) is 1. The lowest BCUT2D eigenvalue weighted by atomic mass is 10.1. The van der Waals surface area contributed by atoms with Gasteiger partial charge >= 0.3 is 5.97 Å². The van der Waals surface area contributed by atoms with Gasteiger partial charge in [-0.15, -0.1) is 5.10 Å². The van der Waals surface area contributed by atoms with Gasteiger partial charge in [0, 0.05) is 17.7 Å². The SMILES string of the molecule is CCCSc1nc(NC2CC2c2ccccc2)c2nnn([C@H]3C[C@@H](C(=O)O)[C@H](O)[C@@H]3O)c2n1. The van der Waals surface area contributed by atoms with Crippen molar-refractivity contribution in [3.8, 4) is 0 Å². The first-order chi connectivity index (χ1) is 16.0. The molecule has 2 heterocycles. The Morgan fingerprint density at radius 1 is 1.18 bits per heavy atom. The van der Waals surface area contributed by atoms with Crippen LogP contribution < -0.4 is 5.32 Å². The average molecular weight is 471 g/mol. The predicted molar refractivity (Wildman–Crippen MR) is 122 cm³/mol. The van der Waals surface area contributed by atoms with E-state index in [9.17, 15) is 20.1 Å². The third kappa shape index (κ3) is 4.16. The van der Waals surface area contributed by atoms with E-state index in [1.807, 2.05) is 18.2 Å². The largest absolute Gasteiger partial charge is 0.481 e. The molecule has 2 aromatic heterocycles. The van der Waals surface area contributed by atoms with Crippen molar-refractivity contribution < 1.29 is 20.1 Å². The third-order valence-electron chi connectivity index (χ3n) is 6.36. The van der Waals surface area contributed by atoms with Gasteiger partial charge in [0.05, 0.1) is 18.1 Å².